The number of aromatic nitrogens is 3. The predicted molar refractivity (Wildman–Crippen MR) is 85.2 cm³/mol. The van der Waals surface area contributed by atoms with Gasteiger partial charge in [0.15, 0.2) is 0 Å². The van der Waals surface area contributed by atoms with Gasteiger partial charge in [-0.25, -0.2) is 0 Å². The quantitative estimate of drug-likeness (QED) is 0.261. The van der Waals surface area contributed by atoms with Gasteiger partial charge in [-0.1, -0.05) is 38.0 Å². The molecule has 0 aromatic carbocycles. The fourth-order valence-electron chi connectivity index (χ4n) is 1.19. The van der Waals surface area contributed by atoms with Gasteiger partial charge in [0.25, 0.3) is 0 Å². The van der Waals surface area contributed by atoms with Crippen LogP contribution < -0.4 is 33.2 Å². The molecule has 0 radical (unpaired) electrons. The molecule has 0 aliphatic carbocycles. The lowest BCUT2D eigenvalue weighted by atomic mass is 10.5. The van der Waals surface area contributed by atoms with Gasteiger partial charge in [-0.3, -0.25) is 0 Å². The Balaban J connectivity index is 3.02. The van der Waals surface area contributed by atoms with E-state index in [-0.39, 0.29) is 17.8 Å². The molecular formula is C12H21N9. The Bertz CT molecular complexity index is 418. The number of hydrogen-bond acceptors (Lipinski definition) is 9. The molecule has 1 rings (SSSR count). The van der Waals surface area contributed by atoms with Crippen molar-refractivity contribution in [1.82, 2.24) is 15.0 Å². The Morgan fingerprint density at radius 1 is 0.667 bits per heavy atom. The van der Waals surface area contributed by atoms with Gasteiger partial charge in [-0.15, -0.1) is 0 Å². The van der Waals surface area contributed by atoms with Crippen LogP contribution in [0.4, 0.5) is 17.8 Å². The summed E-state index contributed by atoms with van der Waals surface area (Å²) in [6.45, 7) is 10.7. The molecule has 0 spiro atoms. The summed E-state index contributed by atoms with van der Waals surface area (Å²) in [6, 6.07) is 0. The van der Waals surface area contributed by atoms with Gasteiger partial charge in [0.2, 0.25) is 17.8 Å². The van der Waals surface area contributed by atoms with Crippen LogP contribution in [0, 0.1) is 0 Å². The van der Waals surface area contributed by atoms with Crippen molar-refractivity contribution in [3.8, 4) is 0 Å². The number of nitrogens with zero attached hydrogens (tertiary/aromatic N) is 3. The SMILES string of the molecule is C=CC(N)Nc1nc(NC(N)C=C)nc(NC(N)C=C)n1. The van der Waals surface area contributed by atoms with Crippen LogP contribution in [0.5, 0.6) is 0 Å². The Labute approximate surface area is 123 Å². The summed E-state index contributed by atoms with van der Waals surface area (Å²) < 4.78 is 0. The van der Waals surface area contributed by atoms with Crippen LogP contribution >= 0.6 is 0 Å². The second-order valence-electron chi connectivity index (χ2n) is 4.02. The first kappa shape index (κ1) is 16.6. The highest BCUT2D eigenvalue weighted by molar-refractivity contribution is 5.44. The minimum absolute atomic E-state index is 0.245. The third-order valence-corrected chi connectivity index (χ3v) is 2.28. The van der Waals surface area contributed by atoms with Gasteiger partial charge in [-0.05, 0) is 0 Å². The number of nitrogens with two attached hydrogens (primary N) is 3. The van der Waals surface area contributed by atoms with Crippen LogP contribution in [-0.2, 0) is 0 Å². The lowest BCUT2D eigenvalue weighted by molar-refractivity contribution is 0.860. The maximum atomic E-state index is 5.71. The Hall–Kier alpha value is -2.49. The van der Waals surface area contributed by atoms with E-state index in [1.165, 1.54) is 18.2 Å². The minimum atomic E-state index is -0.505. The zero-order valence-corrected chi connectivity index (χ0v) is 11.7. The summed E-state index contributed by atoms with van der Waals surface area (Å²) >= 11 is 0. The zero-order chi connectivity index (χ0) is 15.8. The van der Waals surface area contributed by atoms with E-state index in [2.05, 4.69) is 50.6 Å². The van der Waals surface area contributed by atoms with Crippen LogP contribution in [0.3, 0.4) is 0 Å². The fraction of sp³-hybridized carbons (Fsp3) is 0.250. The highest BCUT2D eigenvalue weighted by Gasteiger charge is 2.10. The molecule has 3 unspecified atom stereocenters. The maximum Gasteiger partial charge on any atom is 0.230 e. The van der Waals surface area contributed by atoms with Gasteiger partial charge >= 0.3 is 0 Å². The van der Waals surface area contributed by atoms with Crippen LogP contribution in [0.2, 0.25) is 0 Å². The third-order valence-electron chi connectivity index (χ3n) is 2.28. The summed E-state index contributed by atoms with van der Waals surface area (Å²) in [5.74, 6) is 0.736. The molecule has 0 aliphatic rings. The second kappa shape index (κ2) is 7.94. The van der Waals surface area contributed by atoms with Crippen molar-refractivity contribution in [1.29, 1.82) is 0 Å². The molecule has 114 valence electrons. The minimum Gasteiger partial charge on any atom is -0.335 e. The molecule has 0 saturated heterocycles. The smallest absolute Gasteiger partial charge is 0.230 e. The first-order valence-corrected chi connectivity index (χ1v) is 6.18. The summed E-state index contributed by atoms with van der Waals surface area (Å²) in [5, 5.41) is 8.52. The number of rotatable bonds is 9. The van der Waals surface area contributed by atoms with E-state index >= 15 is 0 Å². The van der Waals surface area contributed by atoms with Crippen molar-refractivity contribution in [3.05, 3.63) is 38.0 Å². The molecule has 3 atom stereocenters. The number of anilines is 3. The fourth-order valence-corrected chi connectivity index (χ4v) is 1.19. The van der Waals surface area contributed by atoms with Crippen LogP contribution in [0.15, 0.2) is 38.0 Å². The largest absolute Gasteiger partial charge is 0.335 e. The van der Waals surface area contributed by atoms with E-state index in [9.17, 15) is 0 Å². The molecule has 9 heteroatoms. The molecule has 1 heterocycles. The summed E-state index contributed by atoms with van der Waals surface area (Å²) in [4.78, 5) is 12.4. The Kier molecular flexibility index (Phi) is 6.27. The molecule has 0 bridgehead atoms. The van der Waals surface area contributed by atoms with E-state index in [1.807, 2.05) is 0 Å². The molecule has 0 aliphatic heterocycles. The highest BCUT2D eigenvalue weighted by Crippen LogP contribution is 2.10. The average Bonchev–Trinajstić information content (AvgIpc) is 2.46. The zero-order valence-electron chi connectivity index (χ0n) is 11.7. The Morgan fingerprint density at radius 3 is 1.10 bits per heavy atom. The van der Waals surface area contributed by atoms with Gasteiger partial charge in [-0.2, -0.15) is 15.0 Å². The second-order valence-corrected chi connectivity index (χ2v) is 4.02. The first-order chi connectivity index (χ1) is 9.98. The van der Waals surface area contributed by atoms with Crippen molar-refractivity contribution in [3.63, 3.8) is 0 Å². The first-order valence-electron chi connectivity index (χ1n) is 6.18. The van der Waals surface area contributed by atoms with Crippen LogP contribution in [-0.4, -0.2) is 33.4 Å². The van der Waals surface area contributed by atoms with Gasteiger partial charge in [0.1, 0.15) is 0 Å². The lowest BCUT2D eigenvalue weighted by Crippen LogP contribution is -2.32. The van der Waals surface area contributed by atoms with E-state index in [4.69, 9.17) is 17.2 Å². The molecular weight excluding hydrogens is 270 g/mol. The van der Waals surface area contributed by atoms with E-state index in [1.54, 1.807) is 0 Å². The molecule has 0 amide bonds. The van der Waals surface area contributed by atoms with Crippen LogP contribution in [0.25, 0.3) is 0 Å². The van der Waals surface area contributed by atoms with Crippen molar-refractivity contribution in [2.75, 3.05) is 16.0 Å². The maximum absolute atomic E-state index is 5.71. The summed E-state index contributed by atoms with van der Waals surface area (Å²) in [6.07, 6.45) is 3.01. The number of hydrogen-bond donors (Lipinski definition) is 6. The molecule has 21 heavy (non-hydrogen) atoms. The predicted octanol–water partition coefficient (Wildman–Crippen LogP) is -0.480. The van der Waals surface area contributed by atoms with Crippen molar-refractivity contribution < 1.29 is 0 Å². The van der Waals surface area contributed by atoms with Gasteiger partial charge in [0.05, 0.1) is 18.5 Å². The normalized spacial score (nSPS) is 14.4. The highest BCUT2D eigenvalue weighted by atomic mass is 15.3. The molecule has 1 aromatic rings. The average molecular weight is 291 g/mol. The third kappa shape index (κ3) is 5.57. The van der Waals surface area contributed by atoms with Gasteiger partial charge in [0, 0.05) is 0 Å². The standard InChI is InChI=1S/C12H21N9/c1-4-7(13)16-10-19-11(17-8(14)5-2)21-12(20-10)18-9(15)6-3/h4-9H,1-3,13-15H2,(H3,16,17,18,19,20,21). The molecule has 9 nitrogen and oxygen atoms in total. The summed E-state index contributed by atoms with van der Waals surface area (Å²) in [5.41, 5.74) is 17.1. The Morgan fingerprint density at radius 2 is 0.905 bits per heavy atom. The molecule has 0 saturated carbocycles. The molecule has 0 fully saturated rings. The van der Waals surface area contributed by atoms with E-state index < -0.39 is 18.5 Å². The van der Waals surface area contributed by atoms with Crippen molar-refractivity contribution in [2.45, 2.75) is 18.5 Å². The van der Waals surface area contributed by atoms with E-state index in [0.29, 0.717) is 0 Å². The van der Waals surface area contributed by atoms with Gasteiger partial charge < -0.3 is 33.2 Å². The lowest BCUT2D eigenvalue weighted by Gasteiger charge is -2.15. The monoisotopic (exact) mass is 291 g/mol. The molecule has 1 aromatic heterocycles. The molecule has 9 N–H and O–H groups in total. The topological polar surface area (TPSA) is 153 Å². The number of nitrogens with one attached hydrogen (secondary N) is 3. The summed E-state index contributed by atoms with van der Waals surface area (Å²) in [7, 11) is 0. The van der Waals surface area contributed by atoms with Crippen molar-refractivity contribution >= 4 is 17.8 Å². The van der Waals surface area contributed by atoms with E-state index in [0.717, 1.165) is 0 Å². The van der Waals surface area contributed by atoms with Crippen LogP contribution in [0.1, 0.15) is 0 Å². The van der Waals surface area contributed by atoms with Crippen molar-refractivity contribution in [2.24, 2.45) is 17.2 Å².